The summed E-state index contributed by atoms with van der Waals surface area (Å²) in [6.07, 6.45) is 2.28. The highest BCUT2D eigenvalue weighted by atomic mass is 16.6. The molecule has 0 N–H and O–H groups in total. The summed E-state index contributed by atoms with van der Waals surface area (Å²) in [5, 5.41) is 21.1. The summed E-state index contributed by atoms with van der Waals surface area (Å²) in [7, 11) is 0. The van der Waals surface area contributed by atoms with Crippen LogP contribution in [-0.4, -0.2) is 45.6 Å². The minimum atomic E-state index is -0.655. The summed E-state index contributed by atoms with van der Waals surface area (Å²) in [5.74, 6) is 0. The van der Waals surface area contributed by atoms with Crippen molar-refractivity contribution in [1.82, 2.24) is 14.5 Å². The van der Waals surface area contributed by atoms with E-state index in [0.717, 1.165) is 0 Å². The Bertz CT molecular complexity index is 1480. The minimum absolute atomic E-state index is 0.0533. The van der Waals surface area contributed by atoms with Crippen molar-refractivity contribution >= 4 is 22.4 Å². The predicted octanol–water partition coefficient (Wildman–Crippen LogP) is 4.52. The molecule has 1 aliphatic rings. The first-order chi connectivity index (χ1) is 18.6. The summed E-state index contributed by atoms with van der Waals surface area (Å²) in [5.41, 5.74) is 2.52. The first kappa shape index (κ1) is 25.1. The fourth-order valence-corrected chi connectivity index (χ4v) is 5.34. The van der Waals surface area contributed by atoms with Crippen molar-refractivity contribution < 1.29 is 4.92 Å². The lowest BCUT2D eigenvalue weighted by Gasteiger charge is -2.40. The predicted molar refractivity (Wildman–Crippen MR) is 146 cm³/mol. The highest BCUT2D eigenvalue weighted by molar-refractivity contribution is 5.93. The Labute approximate surface area is 220 Å². The first-order valence-electron chi connectivity index (χ1n) is 12.7. The third kappa shape index (κ3) is 4.86. The highest BCUT2D eigenvalue weighted by Gasteiger charge is 2.33. The largest absolute Gasteiger partial charge is 0.361 e. The monoisotopic (exact) mass is 508 g/mol. The number of hydrogen-bond acceptors (Lipinski definition) is 7. The van der Waals surface area contributed by atoms with Crippen LogP contribution in [0.25, 0.3) is 11.0 Å². The molecule has 9 nitrogen and oxygen atoms in total. The number of pyridine rings is 2. The third-order valence-corrected chi connectivity index (χ3v) is 7.05. The number of aryl methyl sites for hydroxylation is 1. The van der Waals surface area contributed by atoms with Crippen LogP contribution < -0.4 is 10.5 Å². The van der Waals surface area contributed by atoms with Gasteiger partial charge in [-0.1, -0.05) is 60.7 Å². The Morgan fingerprint density at radius 1 is 0.947 bits per heavy atom. The zero-order valence-electron chi connectivity index (χ0n) is 20.9. The number of rotatable bonds is 8. The zero-order valence-corrected chi connectivity index (χ0v) is 20.9. The molecular formula is C29H28N6O3. The maximum absolute atomic E-state index is 13.4. The fraction of sp³-hybridized carbons (Fsp3) is 0.276. The van der Waals surface area contributed by atoms with E-state index in [9.17, 15) is 14.9 Å². The molecule has 5 rings (SSSR count). The zero-order chi connectivity index (χ0) is 26.5. The van der Waals surface area contributed by atoms with Gasteiger partial charge in [0.2, 0.25) is 0 Å². The van der Waals surface area contributed by atoms with E-state index >= 15 is 0 Å². The van der Waals surface area contributed by atoms with Gasteiger partial charge in [-0.15, -0.1) is 0 Å². The molecule has 0 amide bonds. The number of hydrogen-bond donors (Lipinski definition) is 0. The van der Waals surface area contributed by atoms with Crippen LogP contribution in [0.5, 0.6) is 0 Å². The summed E-state index contributed by atoms with van der Waals surface area (Å²) in [6.45, 7) is 2.57. The number of aromatic nitrogens is 2. The van der Waals surface area contributed by atoms with Gasteiger partial charge in [-0.05, 0) is 29.7 Å². The molecule has 0 radical (unpaired) electrons. The Morgan fingerprint density at radius 3 is 2.16 bits per heavy atom. The van der Waals surface area contributed by atoms with E-state index < -0.39 is 16.2 Å². The summed E-state index contributed by atoms with van der Waals surface area (Å²) in [4.78, 5) is 33.8. The topological polar surface area (TPSA) is 108 Å². The van der Waals surface area contributed by atoms with E-state index in [1.807, 2.05) is 41.3 Å². The summed E-state index contributed by atoms with van der Waals surface area (Å²) in [6, 6.07) is 26.2. The number of nitrogens with zero attached hydrogens (tertiary/aromatic N) is 6. The van der Waals surface area contributed by atoms with Gasteiger partial charge in [0.1, 0.15) is 11.2 Å². The molecule has 1 fully saturated rings. The van der Waals surface area contributed by atoms with Gasteiger partial charge in [-0.3, -0.25) is 24.8 Å². The number of anilines is 1. The maximum atomic E-state index is 13.4. The number of unbranched alkanes of at least 4 members (excludes halogenated alkanes) is 1. The number of benzene rings is 2. The van der Waals surface area contributed by atoms with E-state index in [-0.39, 0.29) is 24.7 Å². The van der Waals surface area contributed by atoms with E-state index in [1.165, 1.54) is 15.7 Å². The van der Waals surface area contributed by atoms with Gasteiger partial charge in [0.15, 0.2) is 0 Å². The summed E-state index contributed by atoms with van der Waals surface area (Å²) < 4.78 is 1.39. The van der Waals surface area contributed by atoms with Crippen molar-refractivity contribution in [3.8, 4) is 6.07 Å². The average molecular weight is 509 g/mol. The van der Waals surface area contributed by atoms with Crippen LogP contribution in [0.15, 0.2) is 83.8 Å². The minimum Gasteiger partial charge on any atom is -0.361 e. The van der Waals surface area contributed by atoms with Crippen LogP contribution in [0.2, 0.25) is 0 Å². The second kappa shape index (κ2) is 11.2. The Morgan fingerprint density at radius 2 is 1.58 bits per heavy atom. The van der Waals surface area contributed by atoms with Crippen LogP contribution in [0, 0.1) is 21.4 Å². The SMILES string of the molecule is N#CCCCn1c(=O)c([N+](=O)[O-])c(N2CCN(C(c3ccccc3)c3ccccc3)CC2)c2ncccc21. The van der Waals surface area contributed by atoms with Crippen LogP contribution in [0.4, 0.5) is 11.4 Å². The molecule has 3 heterocycles. The molecule has 192 valence electrons. The van der Waals surface area contributed by atoms with Gasteiger partial charge in [0, 0.05) is 45.3 Å². The van der Waals surface area contributed by atoms with Crippen molar-refractivity contribution in [2.45, 2.75) is 25.4 Å². The fourth-order valence-electron chi connectivity index (χ4n) is 5.34. The van der Waals surface area contributed by atoms with Crippen LogP contribution in [0.3, 0.4) is 0 Å². The number of nitriles is 1. The van der Waals surface area contributed by atoms with E-state index in [4.69, 9.17) is 5.26 Å². The average Bonchev–Trinajstić information content (AvgIpc) is 2.95. The number of nitro groups is 1. The molecule has 0 spiro atoms. The Balaban J connectivity index is 1.51. The molecule has 9 heteroatoms. The molecule has 2 aromatic carbocycles. The lowest BCUT2D eigenvalue weighted by molar-refractivity contribution is -0.385. The Hall–Kier alpha value is -4.55. The van der Waals surface area contributed by atoms with Crippen molar-refractivity contribution in [2.75, 3.05) is 31.1 Å². The molecule has 0 saturated carbocycles. The van der Waals surface area contributed by atoms with Crippen molar-refractivity contribution in [3.05, 3.63) is 111 Å². The second-order valence-corrected chi connectivity index (χ2v) is 9.29. The molecular weight excluding hydrogens is 480 g/mol. The van der Waals surface area contributed by atoms with Gasteiger partial charge in [0.05, 0.1) is 22.6 Å². The third-order valence-electron chi connectivity index (χ3n) is 7.05. The van der Waals surface area contributed by atoms with Crippen LogP contribution in [0.1, 0.15) is 30.0 Å². The van der Waals surface area contributed by atoms with Crippen LogP contribution in [-0.2, 0) is 6.54 Å². The van der Waals surface area contributed by atoms with Crippen molar-refractivity contribution in [3.63, 3.8) is 0 Å². The van der Waals surface area contributed by atoms with E-state index in [2.05, 4.69) is 40.2 Å². The molecule has 0 unspecified atom stereocenters. The van der Waals surface area contributed by atoms with Gasteiger partial charge in [-0.25, -0.2) is 0 Å². The molecule has 4 aromatic rings. The quantitative estimate of drug-likeness (QED) is 0.196. The lowest BCUT2D eigenvalue weighted by atomic mass is 9.96. The molecule has 38 heavy (non-hydrogen) atoms. The maximum Gasteiger partial charge on any atom is 0.359 e. The first-order valence-corrected chi connectivity index (χ1v) is 12.7. The molecule has 0 atom stereocenters. The molecule has 2 aromatic heterocycles. The van der Waals surface area contributed by atoms with Gasteiger partial charge < -0.3 is 9.47 Å². The molecule has 1 aliphatic heterocycles. The number of piperazine rings is 1. The van der Waals surface area contributed by atoms with E-state index in [0.29, 0.717) is 43.6 Å². The molecule has 1 saturated heterocycles. The highest BCUT2D eigenvalue weighted by Crippen LogP contribution is 2.35. The smallest absolute Gasteiger partial charge is 0.359 e. The van der Waals surface area contributed by atoms with Crippen molar-refractivity contribution in [2.24, 2.45) is 0 Å². The standard InChI is InChI=1S/C29H28N6O3/c30-15-7-8-17-34-24-14-9-16-31-25(24)27(28(29(34)36)35(37)38)33-20-18-32(19-21-33)26(22-10-3-1-4-11-22)23-12-5-2-6-13-23/h1-6,9-14,16,26H,7-8,17-21H2. The normalized spacial score (nSPS) is 14.1. The van der Waals surface area contributed by atoms with Gasteiger partial charge in [0.25, 0.3) is 0 Å². The van der Waals surface area contributed by atoms with Gasteiger partial charge in [-0.2, -0.15) is 5.26 Å². The number of fused-ring (bicyclic) bond motifs is 1. The molecule has 0 aliphatic carbocycles. The second-order valence-electron chi connectivity index (χ2n) is 9.29. The van der Waals surface area contributed by atoms with E-state index in [1.54, 1.807) is 18.3 Å². The Kier molecular flexibility index (Phi) is 7.43. The van der Waals surface area contributed by atoms with Crippen molar-refractivity contribution in [1.29, 1.82) is 5.26 Å². The van der Waals surface area contributed by atoms with Crippen LogP contribution >= 0.6 is 0 Å². The molecule has 0 bridgehead atoms. The lowest BCUT2D eigenvalue weighted by Crippen LogP contribution is -2.48. The summed E-state index contributed by atoms with van der Waals surface area (Å²) >= 11 is 0. The van der Waals surface area contributed by atoms with Gasteiger partial charge >= 0.3 is 11.2 Å².